The minimum absolute atomic E-state index is 0.655. The van der Waals surface area contributed by atoms with Crippen molar-refractivity contribution in [3.8, 4) is 0 Å². The van der Waals surface area contributed by atoms with Crippen molar-refractivity contribution in [3.63, 3.8) is 0 Å². The summed E-state index contributed by atoms with van der Waals surface area (Å²) >= 11 is 3.43. The molecule has 5 heteroatoms. The summed E-state index contributed by atoms with van der Waals surface area (Å²) in [5.41, 5.74) is 2.20. The zero-order valence-corrected chi connectivity index (χ0v) is 13.1. The highest BCUT2D eigenvalue weighted by molar-refractivity contribution is 9.10. The van der Waals surface area contributed by atoms with Crippen LogP contribution >= 0.6 is 15.9 Å². The second-order valence-electron chi connectivity index (χ2n) is 5.51. The molecule has 0 bridgehead atoms. The molecule has 0 unspecified atom stereocenters. The van der Waals surface area contributed by atoms with E-state index in [1.165, 1.54) is 23.8 Å². The lowest BCUT2D eigenvalue weighted by Gasteiger charge is -2.05. The van der Waals surface area contributed by atoms with Gasteiger partial charge in [-0.25, -0.2) is 0 Å². The van der Waals surface area contributed by atoms with Gasteiger partial charge in [0.1, 0.15) is 11.3 Å². The molecular weight excluding hydrogens is 330 g/mol. The normalized spacial score (nSPS) is 14.9. The Labute approximate surface area is 131 Å². The van der Waals surface area contributed by atoms with Gasteiger partial charge in [-0.1, -0.05) is 18.2 Å². The molecule has 1 aromatic carbocycles. The summed E-state index contributed by atoms with van der Waals surface area (Å²) in [4.78, 5) is 0. The van der Waals surface area contributed by atoms with Crippen LogP contribution in [-0.2, 0) is 13.1 Å². The van der Waals surface area contributed by atoms with Crippen LogP contribution in [0.5, 0.6) is 0 Å². The lowest BCUT2D eigenvalue weighted by molar-refractivity contribution is 0.499. The maximum Gasteiger partial charge on any atom is 0.134 e. The van der Waals surface area contributed by atoms with Crippen LogP contribution in [0.3, 0.4) is 0 Å². The largest absolute Gasteiger partial charge is 0.459 e. The molecule has 4 rings (SSSR count). The van der Waals surface area contributed by atoms with Gasteiger partial charge in [-0.05, 0) is 34.8 Å². The van der Waals surface area contributed by atoms with Gasteiger partial charge in [-0.3, -0.25) is 4.68 Å². The van der Waals surface area contributed by atoms with Crippen molar-refractivity contribution >= 4 is 26.9 Å². The first-order chi connectivity index (χ1) is 10.3. The van der Waals surface area contributed by atoms with Crippen molar-refractivity contribution in [2.45, 2.75) is 32.0 Å². The molecule has 0 aliphatic heterocycles. The van der Waals surface area contributed by atoms with Crippen molar-refractivity contribution < 1.29 is 4.42 Å². The number of fused-ring (bicyclic) bond motifs is 1. The number of halogens is 1. The van der Waals surface area contributed by atoms with Crippen LogP contribution in [-0.4, -0.2) is 15.8 Å². The second-order valence-corrected chi connectivity index (χ2v) is 6.43. The van der Waals surface area contributed by atoms with Gasteiger partial charge in [0.2, 0.25) is 0 Å². The Bertz CT molecular complexity index is 773. The Hall–Kier alpha value is -1.59. The number of benzene rings is 1. The Morgan fingerprint density at radius 1 is 1.33 bits per heavy atom. The molecule has 1 aliphatic carbocycles. The first-order valence-corrected chi connectivity index (χ1v) is 7.99. The summed E-state index contributed by atoms with van der Waals surface area (Å²) < 4.78 is 8.92. The minimum Gasteiger partial charge on any atom is -0.459 e. The van der Waals surface area contributed by atoms with Crippen LogP contribution in [0.2, 0.25) is 0 Å². The van der Waals surface area contributed by atoms with E-state index in [4.69, 9.17) is 4.42 Å². The summed E-state index contributed by atoms with van der Waals surface area (Å²) in [6.07, 6.45) is 6.34. The topological polar surface area (TPSA) is 43.0 Å². The lowest BCUT2D eigenvalue weighted by Crippen LogP contribution is -2.16. The molecule has 2 heterocycles. The van der Waals surface area contributed by atoms with E-state index in [0.29, 0.717) is 12.6 Å². The zero-order valence-electron chi connectivity index (χ0n) is 11.6. The van der Waals surface area contributed by atoms with Gasteiger partial charge in [-0.2, -0.15) is 5.10 Å². The Morgan fingerprint density at radius 2 is 2.19 bits per heavy atom. The van der Waals surface area contributed by atoms with Crippen LogP contribution in [0.4, 0.5) is 0 Å². The second kappa shape index (κ2) is 5.31. The SMILES string of the molecule is Brc1cnn(Cc2oc3ccccc3c2CNC2CC2)c1. The van der Waals surface area contributed by atoms with E-state index in [9.17, 15) is 0 Å². The first kappa shape index (κ1) is 13.1. The third kappa shape index (κ3) is 2.76. The molecule has 3 aromatic rings. The van der Waals surface area contributed by atoms with Crippen LogP contribution in [0, 0.1) is 0 Å². The number of aromatic nitrogens is 2. The third-order valence-corrected chi connectivity index (χ3v) is 4.24. The molecule has 1 N–H and O–H groups in total. The summed E-state index contributed by atoms with van der Waals surface area (Å²) in [6, 6.07) is 8.92. The fourth-order valence-electron chi connectivity index (χ4n) is 2.58. The smallest absolute Gasteiger partial charge is 0.134 e. The predicted molar refractivity (Wildman–Crippen MR) is 85.1 cm³/mol. The average Bonchev–Trinajstić information content (AvgIpc) is 3.13. The molecule has 1 aliphatic rings. The Kier molecular flexibility index (Phi) is 3.31. The van der Waals surface area contributed by atoms with Gasteiger partial charge >= 0.3 is 0 Å². The fraction of sp³-hybridized carbons (Fsp3) is 0.312. The van der Waals surface area contributed by atoms with Crippen molar-refractivity contribution in [2.75, 3.05) is 0 Å². The lowest BCUT2D eigenvalue weighted by atomic mass is 10.1. The van der Waals surface area contributed by atoms with Crippen molar-refractivity contribution in [2.24, 2.45) is 0 Å². The van der Waals surface area contributed by atoms with Gasteiger partial charge in [0.05, 0.1) is 17.2 Å². The van der Waals surface area contributed by atoms with Gasteiger partial charge in [0.15, 0.2) is 0 Å². The van der Waals surface area contributed by atoms with Crippen molar-refractivity contribution in [3.05, 3.63) is 52.5 Å². The molecule has 4 nitrogen and oxygen atoms in total. The molecule has 1 fully saturated rings. The number of hydrogen-bond acceptors (Lipinski definition) is 3. The monoisotopic (exact) mass is 345 g/mol. The van der Waals surface area contributed by atoms with E-state index in [1.54, 1.807) is 6.20 Å². The molecule has 21 heavy (non-hydrogen) atoms. The van der Waals surface area contributed by atoms with Gasteiger partial charge in [-0.15, -0.1) is 0 Å². The third-order valence-electron chi connectivity index (χ3n) is 3.83. The van der Waals surface area contributed by atoms with Crippen LogP contribution in [0.25, 0.3) is 11.0 Å². The number of hydrogen-bond donors (Lipinski definition) is 1. The minimum atomic E-state index is 0.655. The molecule has 1 saturated carbocycles. The highest BCUT2D eigenvalue weighted by Gasteiger charge is 2.22. The summed E-state index contributed by atoms with van der Waals surface area (Å²) in [6.45, 7) is 1.52. The van der Waals surface area contributed by atoms with E-state index in [-0.39, 0.29) is 0 Å². The first-order valence-electron chi connectivity index (χ1n) is 7.20. The molecule has 2 aromatic heterocycles. The molecule has 0 spiro atoms. The Balaban J connectivity index is 1.69. The molecular formula is C16H16BrN3O. The predicted octanol–water partition coefficient (Wildman–Crippen LogP) is 3.69. The quantitative estimate of drug-likeness (QED) is 0.766. The number of furan rings is 1. The van der Waals surface area contributed by atoms with E-state index < -0.39 is 0 Å². The average molecular weight is 346 g/mol. The zero-order chi connectivity index (χ0) is 14.2. The van der Waals surface area contributed by atoms with Crippen LogP contribution in [0.15, 0.2) is 45.5 Å². The Morgan fingerprint density at radius 3 is 2.95 bits per heavy atom. The number of nitrogens with zero attached hydrogens (tertiary/aromatic N) is 2. The maximum absolute atomic E-state index is 6.05. The van der Waals surface area contributed by atoms with E-state index in [2.05, 4.69) is 38.5 Å². The molecule has 108 valence electrons. The number of para-hydroxylation sites is 1. The van der Waals surface area contributed by atoms with E-state index in [0.717, 1.165) is 22.4 Å². The number of rotatable bonds is 5. The van der Waals surface area contributed by atoms with Crippen molar-refractivity contribution in [1.29, 1.82) is 0 Å². The highest BCUT2D eigenvalue weighted by Crippen LogP contribution is 2.28. The standard InChI is InChI=1S/C16H16BrN3O/c17-11-7-19-20(9-11)10-16-14(8-18-12-5-6-12)13-3-1-2-4-15(13)21-16/h1-4,7,9,12,18H,5-6,8,10H2. The summed E-state index contributed by atoms with van der Waals surface area (Å²) in [5, 5.41) is 9.10. The summed E-state index contributed by atoms with van der Waals surface area (Å²) in [7, 11) is 0. The van der Waals surface area contributed by atoms with E-state index >= 15 is 0 Å². The maximum atomic E-state index is 6.05. The van der Waals surface area contributed by atoms with Gasteiger partial charge in [0, 0.05) is 29.7 Å². The fourth-order valence-corrected chi connectivity index (χ4v) is 2.90. The van der Waals surface area contributed by atoms with Gasteiger partial charge in [0.25, 0.3) is 0 Å². The highest BCUT2D eigenvalue weighted by atomic mass is 79.9. The van der Waals surface area contributed by atoms with Crippen molar-refractivity contribution in [1.82, 2.24) is 15.1 Å². The molecule has 0 atom stereocenters. The van der Waals surface area contributed by atoms with Crippen LogP contribution < -0.4 is 5.32 Å². The number of nitrogens with one attached hydrogen (secondary N) is 1. The molecule has 0 amide bonds. The molecule has 0 radical (unpaired) electrons. The van der Waals surface area contributed by atoms with Crippen LogP contribution in [0.1, 0.15) is 24.2 Å². The molecule has 0 saturated heterocycles. The summed E-state index contributed by atoms with van der Waals surface area (Å²) in [5.74, 6) is 0.986. The van der Waals surface area contributed by atoms with Gasteiger partial charge < -0.3 is 9.73 Å². The van der Waals surface area contributed by atoms with E-state index in [1.807, 2.05) is 23.0 Å².